The molecule has 0 saturated heterocycles. The van der Waals surface area contributed by atoms with Crippen molar-refractivity contribution in [3.63, 3.8) is 0 Å². The van der Waals surface area contributed by atoms with Crippen molar-refractivity contribution in [2.75, 3.05) is 22.9 Å². The number of hydrogen-bond donors (Lipinski definition) is 0. The molecule has 0 bridgehead atoms. The van der Waals surface area contributed by atoms with Crippen LogP contribution in [0.2, 0.25) is 5.02 Å². The number of aliphatic imine (C=N–C) groups is 1. The first-order chi connectivity index (χ1) is 11.1. The Balaban J connectivity index is 1.81. The van der Waals surface area contributed by atoms with E-state index in [1.165, 1.54) is 22.5 Å². The Labute approximate surface area is 142 Å². The zero-order valence-electron chi connectivity index (χ0n) is 13.5. The number of halogens is 1. The highest BCUT2D eigenvalue weighted by Gasteiger charge is 2.34. The predicted molar refractivity (Wildman–Crippen MR) is 97.8 cm³/mol. The van der Waals surface area contributed by atoms with E-state index in [-0.39, 0.29) is 0 Å². The van der Waals surface area contributed by atoms with Crippen LogP contribution in [-0.4, -0.2) is 19.0 Å². The van der Waals surface area contributed by atoms with Crippen molar-refractivity contribution in [1.29, 1.82) is 0 Å². The highest BCUT2D eigenvalue weighted by molar-refractivity contribution is 6.31. The Kier molecular flexibility index (Phi) is 3.53. The molecule has 0 unspecified atom stereocenters. The Bertz CT molecular complexity index is 797. The second-order valence-corrected chi connectivity index (χ2v) is 6.70. The van der Waals surface area contributed by atoms with Gasteiger partial charge in [-0.25, -0.2) is 0 Å². The van der Waals surface area contributed by atoms with Gasteiger partial charge in [-0.05, 0) is 55.2 Å². The van der Waals surface area contributed by atoms with Gasteiger partial charge in [0.15, 0.2) is 0 Å². The molecule has 0 aliphatic carbocycles. The summed E-state index contributed by atoms with van der Waals surface area (Å²) >= 11 is 6.38. The Morgan fingerprint density at radius 2 is 1.83 bits per heavy atom. The first-order valence-electron chi connectivity index (χ1n) is 8.09. The van der Waals surface area contributed by atoms with Crippen LogP contribution in [0.25, 0.3) is 0 Å². The van der Waals surface area contributed by atoms with Gasteiger partial charge in [-0.15, -0.1) is 0 Å². The first-order valence-corrected chi connectivity index (χ1v) is 8.47. The predicted octanol–water partition coefficient (Wildman–Crippen LogP) is 4.54. The van der Waals surface area contributed by atoms with E-state index < -0.39 is 0 Å². The average Bonchev–Trinajstić information content (AvgIpc) is 2.84. The lowest BCUT2D eigenvalue weighted by molar-refractivity contribution is 0.784. The van der Waals surface area contributed by atoms with Crippen molar-refractivity contribution in [2.24, 2.45) is 4.99 Å². The maximum absolute atomic E-state index is 6.38. The Morgan fingerprint density at radius 1 is 1.09 bits per heavy atom. The van der Waals surface area contributed by atoms with Crippen molar-refractivity contribution in [2.45, 2.75) is 26.8 Å². The van der Waals surface area contributed by atoms with E-state index in [1.807, 2.05) is 18.2 Å². The summed E-state index contributed by atoms with van der Waals surface area (Å²) in [6.07, 6.45) is 1.11. The number of nitrogens with zero attached hydrogens (tertiary/aromatic N) is 3. The molecule has 0 spiro atoms. The van der Waals surface area contributed by atoms with E-state index in [0.717, 1.165) is 42.6 Å². The molecule has 4 heteroatoms. The number of guanidine groups is 1. The van der Waals surface area contributed by atoms with Gasteiger partial charge < -0.3 is 9.80 Å². The normalized spacial score (nSPS) is 16.2. The number of fused-ring (bicyclic) bond motifs is 3. The number of rotatable bonds is 2. The van der Waals surface area contributed by atoms with Gasteiger partial charge in [0, 0.05) is 18.1 Å². The molecule has 3 nitrogen and oxygen atoms in total. The molecule has 0 aromatic heterocycles. The van der Waals surface area contributed by atoms with E-state index in [4.69, 9.17) is 16.6 Å². The molecule has 0 amide bonds. The molecule has 2 aliphatic heterocycles. The second kappa shape index (κ2) is 5.57. The van der Waals surface area contributed by atoms with Crippen LogP contribution in [-0.2, 0) is 6.54 Å². The molecule has 2 aromatic carbocycles. The third kappa shape index (κ3) is 2.40. The molecule has 23 heavy (non-hydrogen) atoms. The molecule has 0 saturated carbocycles. The van der Waals surface area contributed by atoms with E-state index in [1.54, 1.807) is 0 Å². The first kappa shape index (κ1) is 14.6. The van der Waals surface area contributed by atoms with Crippen LogP contribution in [0.3, 0.4) is 0 Å². The molecule has 118 valence electrons. The monoisotopic (exact) mass is 325 g/mol. The summed E-state index contributed by atoms with van der Waals surface area (Å²) in [6.45, 7) is 7.03. The molecule has 2 heterocycles. The fourth-order valence-electron chi connectivity index (χ4n) is 3.33. The topological polar surface area (TPSA) is 18.8 Å². The molecule has 0 atom stereocenters. The van der Waals surface area contributed by atoms with Crippen molar-refractivity contribution in [3.8, 4) is 0 Å². The fourth-order valence-corrected chi connectivity index (χ4v) is 3.53. The van der Waals surface area contributed by atoms with E-state index in [0.29, 0.717) is 0 Å². The third-order valence-corrected chi connectivity index (χ3v) is 5.10. The summed E-state index contributed by atoms with van der Waals surface area (Å²) in [7, 11) is 0. The maximum atomic E-state index is 6.38. The molecular formula is C19H20ClN3. The van der Waals surface area contributed by atoms with Crippen molar-refractivity contribution in [1.82, 2.24) is 0 Å². The quantitative estimate of drug-likeness (QED) is 0.807. The number of anilines is 2. The summed E-state index contributed by atoms with van der Waals surface area (Å²) in [5.74, 6) is 1.07. The SMILES string of the molecule is Cc1cc2c(cc1C)N(Cc1ccccc1Cl)C1=NCCCN12. The fraction of sp³-hybridized carbons (Fsp3) is 0.316. The van der Waals surface area contributed by atoms with Gasteiger partial charge in [-0.1, -0.05) is 29.8 Å². The molecule has 0 N–H and O–H groups in total. The summed E-state index contributed by atoms with van der Waals surface area (Å²) in [5, 5.41) is 0.813. The molecular weight excluding hydrogens is 306 g/mol. The summed E-state index contributed by atoms with van der Waals surface area (Å²) in [4.78, 5) is 9.46. The number of benzene rings is 2. The third-order valence-electron chi connectivity index (χ3n) is 4.73. The second-order valence-electron chi connectivity index (χ2n) is 6.29. The Morgan fingerprint density at radius 3 is 2.61 bits per heavy atom. The smallest absolute Gasteiger partial charge is 0.206 e. The summed E-state index contributed by atoms with van der Waals surface area (Å²) in [5.41, 5.74) is 6.29. The van der Waals surface area contributed by atoms with E-state index >= 15 is 0 Å². The highest BCUT2D eigenvalue weighted by Crippen LogP contribution is 2.41. The molecule has 2 aromatic rings. The largest absolute Gasteiger partial charge is 0.310 e. The van der Waals surface area contributed by atoms with Crippen LogP contribution in [0, 0.1) is 13.8 Å². The van der Waals surface area contributed by atoms with Gasteiger partial charge in [0.05, 0.1) is 17.9 Å². The van der Waals surface area contributed by atoms with Crippen LogP contribution < -0.4 is 9.80 Å². The van der Waals surface area contributed by atoms with Crippen molar-refractivity contribution in [3.05, 3.63) is 58.1 Å². The summed E-state index contributed by atoms with van der Waals surface area (Å²) < 4.78 is 0. The number of aryl methyl sites for hydroxylation is 2. The summed E-state index contributed by atoms with van der Waals surface area (Å²) in [6, 6.07) is 12.6. The van der Waals surface area contributed by atoms with Crippen LogP contribution in [0.15, 0.2) is 41.4 Å². The minimum Gasteiger partial charge on any atom is -0.310 e. The van der Waals surface area contributed by atoms with Crippen LogP contribution in [0.5, 0.6) is 0 Å². The van der Waals surface area contributed by atoms with Crippen LogP contribution in [0.4, 0.5) is 11.4 Å². The van der Waals surface area contributed by atoms with Gasteiger partial charge in [0.1, 0.15) is 0 Å². The zero-order valence-corrected chi connectivity index (χ0v) is 14.3. The van der Waals surface area contributed by atoms with Crippen LogP contribution >= 0.6 is 11.6 Å². The van der Waals surface area contributed by atoms with Gasteiger partial charge in [-0.3, -0.25) is 4.99 Å². The van der Waals surface area contributed by atoms with Crippen molar-refractivity contribution < 1.29 is 0 Å². The van der Waals surface area contributed by atoms with E-state index in [9.17, 15) is 0 Å². The minimum atomic E-state index is 0.754. The van der Waals surface area contributed by atoms with Crippen molar-refractivity contribution >= 4 is 28.9 Å². The highest BCUT2D eigenvalue weighted by atomic mass is 35.5. The molecule has 0 radical (unpaired) electrons. The molecule has 4 rings (SSSR count). The average molecular weight is 326 g/mol. The lowest BCUT2D eigenvalue weighted by Crippen LogP contribution is -2.41. The lowest BCUT2D eigenvalue weighted by atomic mass is 10.1. The maximum Gasteiger partial charge on any atom is 0.206 e. The lowest BCUT2D eigenvalue weighted by Gasteiger charge is -2.27. The zero-order chi connectivity index (χ0) is 16.0. The molecule has 0 fully saturated rings. The standard InChI is InChI=1S/C19H20ClN3/c1-13-10-17-18(11-14(13)2)23(19-21-8-5-9-22(17)19)12-15-6-3-4-7-16(15)20/h3-4,6-7,10-11H,5,8-9,12H2,1-2H3. The van der Waals surface area contributed by atoms with Gasteiger partial charge >= 0.3 is 0 Å². The van der Waals surface area contributed by atoms with Gasteiger partial charge in [0.25, 0.3) is 0 Å². The van der Waals surface area contributed by atoms with Gasteiger partial charge in [-0.2, -0.15) is 0 Å². The Hall–Kier alpha value is -2.00. The van der Waals surface area contributed by atoms with E-state index in [2.05, 4.69) is 41.8 Å². The van der Waals surface area contributed by atoms with Gasteiger partial charge in [0.2, 0.25) is 5.96 Å². The minimum absolute atomic E-state index is 0.754. The molecule has 2 aliphatic rings. The number of hydrogen-bond acceptors (Lipinski definition) is 3. The van der Waals surface area contributed by atoms with Crippen LogP contribution in [0.1, 0.15) is 23.1 Å².